The largest absolute Gasteiger partial charge is 0.381 e. The van der Waals surface area contributed by atoms with E-state index in [1.165, 1.54) is 58.4 Å². The molecule has 3 rings (SSSR count). The molecular weight excluding hydrogens is 212 g/mol. The molecule has 0 aromatic heterocycles. The lowest BCUT2D eigenvalue weighted by Gasteiger charge is -2.40. The van der Waals surface area contributed by atoms with E-state index in [1.54, 1.807) is 0 Å². The molecule has 0 amide bonds. The highest BCUT2D eigenvalue weighted by atomic mass is 16.5. The van der Waals surface area contributed by atoms with Gasteiger partial charge in [0.2, 0.25) is 0 Å². The molecule has 3 aliphatic rings. The van der Waals surface area contributed by atoms with Crippen molar-refractivity contribution in [1.82, 2.24) is 10.2 Å². The average Bonchev–Trinajstić information content (AvgIpc) is 2.36. The molecule has 0 radical (unpaired) electrons. The van der Waals surface area contributed by atoms with E-state index in [0.29, 0.717) is 0 Å². The molecule has 0 aromatic carbocycles. The summed E-state index contributed by atoms with van der Waals surface area (Å²) in [6.07, 6.45) is 5.72. The van der Waals surface area contributed by atoms with Crippen LogP contribution in [0.4, 0.5) is 0 Å². The number of nitrogens with one attached hydrogen (secondary N) is 1. The molecule has 3 fully saturated rings. The molecular formula is C14H26N2O. The van der Waals surface area contributed by atoms with Crippen molar-refractivity contribution in [2.75, 3.05) is 45.9 Å². The van der Waals surface area contributed by atoms with Crippen LogP contribution in [0.3, 0.4) is 0 Å². The van der Waals surface area contributed by atoms with E-state index >= 15 is 0 Å². The molecule has 3 heteroatoms. The molecule has 0 aliphatic carbocycles. The third kappa shape index (κ3) is 3.01. The average molecular weight is 238 g/mol. The van der Waals surface area contributed by atoms with Gasteiger partial charge in [0.25, 0.3) is 0 Å². The molecule has 3 saturated heterocycles. The second-order valence-corrected chi connectivity index (χ2v) is 6.13. The van der Waals surface area contributed by atoms with E-state index < -0.39 is 0 Å². The van der Waals surface area contributed by atoms with Crippen molar-refractivity contribution in [3.8, 4) is 0 Å². The zero-order valence-electron chi connectivity index (χ0n) is 10.9. The van der Waals surface area contributed by atoms with Gasteiger partial charge in [0, 0.05) is 12.5 Å². The minimum absolute atomic E-state index is 0.838. The zero-order valence-corrected chi connectivity index (χ0v) is 10.9. The fourth-order valence-electron chi connectivity index (χ4n) is 3.68. The molecule has 0 spiro atoms. The van der Waals surface area contributed by atoms with Crippen LogP contribution in [0.15, 0.2) is 0 Å². The highest BCUT2D eigenvalue weighted by molar-refractivity contribution is 4.82. The van der Waals surface area contributed by atoms with Gasteiger partial charge in [-0.15, -0.1) is 0 Å². The summed E-state index contributed by atoms with van der Waals surface area (Å²) in [5.74, 6) is 2.88. The highest BCUT2D eigenvalue weighted by Crippen LogP contribution is 2.31. The van der Waals surface area contributed by atoms with Crippen molar-refractivity contribution in [2.24, 2.45) is 17.8 Å². The molecule has 0 saturated carbocycles. The third-order valence-corrected chi connectivity index (χ3v) is 4.91. The number of likely N-dealkylation sites (tertiary alicyclic amines) is 1. The number of piperidine rings is 2. The van der Waals surface area contributed by atoms with Crippen LogP contribution in [0.2, 0.25) is 0 Å². The summed E-state index contributed by atoms with van der Waals surface area (Å²) in [6, 6.07) is 0. The Labute approximate surface area is 105 Å². The molecule has 0 atom stereocenters. The Kier molecular flexibility index (Phi) is 3.99. The lowest BCUT2D eigenvalue weighted by molar-refractivity contribution is -0.0508. The minimum Gasteiger partial charge on any atom is -0.381 e. The maximum atomic E-state index is 5.26. The SMILES string of the molecule is C1CC(C2CCN(CC3COC3)CC2)CCN1. The number of rotatable bonds is 3. The monoisotopic (exact) mass is 238 g/mol. The van der Waals surface area contributed by atoms with Gasteiger partial charge in [-0.1, -0.05) is 0 Å². The van der Waals surface area contributed by atoms with Crippen LogP contribution in [0.25, 0.3) is 0 Å². The molecule has 3 heterocycles. The van der Waals surface area contributed by atoms with E-state index in [9.17, 15) is 0 Å². The van der Waals surface area contributed by atoms with Gasteiger partial charge >= 0.3 is 0 Å². The number of hydrogen-bond donors (Lipinski definition) is 1. The fraction of sp³-hybridized carbons (Fsp3) is 1.00. The Morgan fingerprint density at radius 1 is 0.941 bits per heavy atom. The van der Waals surface area contributed by atoms with E-state index in [2.05, 4.69) is 10.2 Å². The van der Waals surface area contributed by atoms with Crippen LogP contribution in [-0.4, -0.2) is 50.8 Å². The molecule has 0 unspecified atom stereocenters. The first kappa shape index (κ1) is 11.9. The smallest absolute Gasteiger partial charge is 0.0528 e. The summed E-state index contributed by atoms with van der Waals surface area (Å²) < 4.78 is 5.26. The van der Waals surface area contributed by atoms with Crippen LogP contribution in [0.5, 0.6) is 0 Å². The van der Waals surface area contributed by atoms with Crippen molar-refractivity contribution in [3.63, 3.8) is 0 Å². The fourth-order valence-corrected chi connectivity index (χ4v) is 3.68. The van der Waals surface area contributed by atoms with Gasteiger partial charge in [0.05, 0.1) is 13.2 Å². The Bertz CT molecular complexity index is 228. The van der Waals surface area contributed by atoms with Crippen LogP contribution in [0, 0.1) is 17.8 Å². The predicted molar refractivity (Wildman–Crippen MR) is 69.1 cm³/mol. The van der Waals surface area contributed by atoms with Crippen molar-refractivity contribution in [2.45, 2.75) is 25.7 Å². The van der Waals surface area contributed by atoms with Gasteiger partial charge in [0.1, 0.15) is 0 Å². The quantitative estimate of drug-likeness (QED) is 0.803. The zero-order chi connectivity index (χ0) is 11.5. The number of nitrogens with zero attached hydrogens (tertiary/aromatic N) is 1. The van der Waals surface area contributed by atoms with Gasteiger partial charge in [-0.25, -0.2) is 0 Å². The summed E-state index contributed by atoms with van der Waals surface area (Å²) in [5, 5.41) is 3.48. The highest BCUT2D eigenvalue weighted by Gasteiger charge is 2.29. The van der Waals surface area contributed by atoms with E-state index in [4.69, 9.17) is 4.74 Å². The number of ether oxygens (including phenoxy) is 1. The molecule has 3 nitrogen and oxygen atoms in total. The Hall–Kier alpha value is -0.120. The van der Waals surface area contributed by atoms with Crippen LogP contribution in [0.1, 0.15) is 25.7 Å². The first-order chi connectivity index (χ1) is 8.42. The predicted octanol–water partition coefficient (Wildman–Crippen LogP) is 1.34. The Balaban J connectivity index is 1.40. The summed E-state index contributed by atoms with van der Waals surface area (Å²) in [7, 11) is 0. The van der Waals surface area contributed by atoms with Crippen LogP contribution < -0.4 is 5.32 Å². The molecule has 1 N–H and O–H groups in total. The van der Waals surface area contributed by atoms with Crippen molar-refractivity contribution < 1.29 is 4.74 Å². The van der Waals surface area contributed by atoms with Gasteiger partial charge in [-0.05, 0) is 63.7 Å². The van der Waals surface area contributed by atoms with Gasteiger partial charge < -0.3 is 15.0 Å². The third-order valence-electron chi connectivity index (χ3n) is 4.91. The second-order valence-electron chi connectivity index (χ2n) is 6.13. The Morgan fingerprint density at radius 2 is 1.59 bits per heavy atom. The minimum atomic E-state index is 0.838. The lowest BCUT2D eigenvalue weighted by Crippen LogP contribution is -2.44. The summed E-state index contributed by atoms with van der Waals surface area (Å²) >= 11 is 0. The first-order valence-electron chi connectivity index (χ1n) is 7.42. The molecule has 0 bridgehead atoms. The maximum Gasteiger partial charge on any atom is 0.0528 e. The van der Waals surface area contributed by atoms with Gasteiger partial charge in [0.15, 0.2) is 0 Å². The van der Waals surface area contributed by atoms with E-state index in [0.717, 1.165) is 31.0 Å². The second kappa shape index (κ2) is 5.68. The van der Waals surface area contributed by atoms with Crippen molar-refractivity contribution >= 4 is 0 Å². The van der Waals surface area contributed by atoms with Gasteiger partial charge in [-0.3, -0.25) is 0 Å². The summed E-state index contributed by atoms with van der Waals surface area (Å²) in [5.41, 5.74) is 0. The van der Waals surface area contributed by atoms with Crippen LogP contribution >= 0.6 is 0 Å². The topological polar surface area (TPSA) is 24.5 Å². The van der Waals surface area contributed by atoms with Crippen molar-refractivity contribution in [3.05, 3.63) is 0 Å². The molecule has 3 aliphatic heterocycles. The first-order valence-corrected chi connectivity index (χ1v) is 7.42. The van der Waals surface area contributed by atoms with Crippen LogP contribution in [-0.2, 0) is 4.74 Å². The molecule has 17 heavy (non-hydrogen) atoms. The van der Waals surface area contributed by atoms with Crippen molar-refractivity contribution in [1.29, 1.82) is 0 Å². The molecule has 98 valence electrons. The maximum absolute atomic E-state index is 5.26. The standard InChI is InChI=1S/C14H26N2O/c1-5-15-6-2-13(1)14-3-7-16(8-4-14)9-12-10-17-11-12/h12-15H,1-11H2. The lowest BCUT2D eigenvalue weighted by atomic mass is 9.79. The number of hydrogen-bond acceptors (Lipinski definition) is 3. The van der Waals surface area contributed by atoms with E-state index in [1.807, 2.05) is 0 Å². The normalized spacial score (nSPS) is 30.4. The molecule has 0 aromatic rings. The van der Waals surface area contributed by atoms with Gasteiger partial charge in [-0.2, -0.15) is 0 Å². The van der Waals surface area contributed by atoms with E-state index in [-0.39, 0.29) is 0 Å². The summed E-state index contributed by atoms with van der Waals surface area (Å²) in [6.45, 7) is 8.49. The summed E-state index contributed by atoms with van der Waals surface area (Å²) in [4.78, 5) is 2.67. The Morgan fingerprint density at radius 3 is 2.18 bits per heavy atom.